The van der Waals surface area contributed by atoms with Gasteiger partial charge in [-0.25, -0.2) is 13.8 Å². The largest absolute Gasteiger partial charge is 0.438 e. The molecule has 1 aromatic heterocycles. The number of nitrogens with one attached hydrogen (secondary N) is 1. The number of nitrogens with zero attached hydrogens (tertiary/aromatic N) is 2. The second-order valence-corrected chi connectivity index (χ2v) is 6.25. The summed E-state index contributed by atoms with van der Waals surface area (Å²) in [7, 11) is 0. The van der Waals surface area contributed by atoms with Crippen LogP contribution in [0.5, 0.6) is 0 Å². The molecular formula is C18H10F5N3O2. The Hall–Kier alpha value is -3.30. The number of amides is 1. The highest BCUT2D eigenvalue weighted by atomic mass is 19.4. The van der Waals surface area contributed by atoms with Crippen LogP contribution in [-0.4, -0.2) is 27.4 Å². The highest BCUT2D eigenvalue weighted by Gasteiger charge is 2.66. The standard InChI is InChI=1S/C18H10F5N3O2/c19-10-6-12-13(7-11(10)20)26-15(24-12)8-14(27)17(26,18(21,22)23)25-16(28)9-4-2-1-3-5-9/h1-7H,8H2,(H,25,28). The summed E-state index contributed by atoms with van der Waals surface area (Å²) in [5, 5.41) is 1.76. The zero-order valence-electron chi connectivity index (χ0n) is 13.8. The highest BCUT2D eigenvalue weighted by molar-refractivity contribution is 6.02. The maximum Gasteiger partial charge on any atom is 0.438 e. The molecule has 4 rings (SSSR count). The quantitative estimate of drug-likeness (QED) is 0.679. The van der Waals surface area contributed by atoms with E-state index in [4.69, 9.17) is 0 Å². The van der Waals surface area contributed by atoms with Gasteiger partial charge in [0.05, 0.1) is 17.5 Å². The van der Waals surface area contributed by atoms with Gasteiger partial charge >= 0.3 is 6.18 Å². The molecule has 144 valence electrons. The number of carbonyl (C=O) groups is 2. The van der Waals surface area contributed by atoms with E-state index >= 15 is 0 Å². The fraction of sp³-hybridized carbons (Fsp3) is 0.167. The van der Waals surface area contributed by atoms with Crippen LogP contribution in [0.15, 0.2) is 42.5 Å². The van der Waals surface area contributed by atoms with Gasteiger partial charge in [-0.2, -0.15) is 13.2 Å². The topological polar surface area (TPSA) is 64.0 Å². The van der Waals surface area contributed by atoms with Crippen molar-refractivity contribution >= 4 is 22.7 Å². The lowest BCUT2D eigenvalue weighted by molar-refractivity contribution is -0.214. The van der Waals surface area contributed by atoms with E-state index in [9.17, 15) is 31.5 Å². The molecule has 28 heavy (non-hydrogen) atoms. The molecule has 0 saturated carbocycles. The summed E-state index contributed by atoms with van der Waals surface area (Å²) < 4.78 is 70.0. The summed E-state index contributed by atoms with van der Waals surface area (Å²) in [6.45, 7) is 0. The maximum absolute atomic E-state index is 14.2. The first kappa shape index (κ1) is 18.1. The Bertz CT molecular complexity index is 1120. The first-order chi connectivity index (χ1) is 13.1. The van der Waals surface area contributed by atoms with Crippen molar-refractivity contribution in [3.8, 4) is 0 Å². The van der Waals surface area contributed by atoms with E-state index in [-0.39, 0.29) is 16.9 Å². The van der Waals surface area contributed by atoms with Crippen LogP contribution >= 0.6 is 0 Å². The van der Waals surface area contributed by atoms with E-state index in [2.05, 4.69) is 4.98 Å². The molecule has 1 amide bonds. The third-order valence-electron chi connectivity index (χ3n) is 4.56. The number of halogens is 5. The van der Waals surface area contributed by atoms with Gasteiger partial charge in [-0.1, -0.05) is 18.2 Å². The van der Waals surface area contributed by atoms with Crippen molar-refractivity contribution < 1.29 is 31.5 Å². The van der Waals surface area contributed by atoms with Crippen molar-refractivity contribution in [2.45, 2.75) is 18.3 Å². The number of benzene rings is 2. The Kier molecular flexibility index (Phi) is 3.78. The monoisotopic (exact) mass is 395 g/mol. The van der Waals surface area contributed by atoms with Gasteiger partial charge in [0.1, 0.15) is 5.82 Å². The van der Waals surface area contributed by atoms with Crippen molar-refractivity contribution in [3.05, 3.63) is 65.5 Å². The zero-order chi connectivity index (χ0) is 20.3. The molecule has 0 saturated heterocycles. The van der Waals surface area contributed by atoms with Gasteiger partial charge in [0.2, 0.25) is 0 Å². The van der Waals surface area contributed by atoms with Gasteiger partial charge < -0.3 is 5.32 Å². The normalized spacial score (nSPS) is 19.1. The minimum absolute atomic E-state index is 0.103. The molecule has 1 aliphatic rings. The number of fused-ring (bicyclic) bond motifs is 3. The smallest absolute Gasteiger partial charge is 0.315 e. The van der Waals surface area contributed by atoms with E-state index in [0.29, 0.717) is 16.7 Å². The molecule has 0 bridgehead atoms. The summed E-state index contributed by atoms with van der Waals surface area (Å²) in [5.41, 5.74) is -4.29. The molecule has 0 spiro atoms. The number of rotatable bonds is 2. The number of imidazole rings is 1. The van der Waals surface area contributed by atoms with Gasteiger partial charge in [0.15, 0.2) is 17.4 Å². The third kappa shape index (κ3) is 2.40. The van der Waals surface area contributed by atoms with Gasteiger partial charge in [0.25, 0.3) is 11.6 Å². The molecule has 2 aromatic carbocycles. The second kappa shape index (κ2) is 5.85. The second-order valence-electron chi connectivity index (χ2n) is 6.25. The van der Waals surface area contributed by atoms with E-state index in [1.165, 1.54) is 24.3 Å². The Morgan fingerprint density at radius 1 is 1.11 bits per heavy atom. The molecule has 10 heteroatoms. The van der Waals surface area contributed by atoms with Crippen LogP contribution in [0, 0.1) is 11.6 Å². The van der Waals surface area contributed by atoms with E-state index in [0.717, 1.165) is 0 Å². The van der Waals surface area contributed by atoms with Crippen molar-refractivity contribution in [3.63, 3.8) is 0 Å². The van der Waals surface area contributed by atoms with Crippen LogP contribution < -0.4 is 5.32 Å². The lowest BCUT2D eigenvalue weighted by Gasteiger charge is -2.33. The SMILES string of the molecule is O=C(NC1(C(F)(F)F)C(=O)Cc2nc3cc(F)c(F)cc3n21)c1ccccc1. The Labute approximate surface area is 153 Å². The maximum atomic E-state index is 14.2. The first-order valence-corrected chi connectivity index (χ1v) is 7.99. The van der Waals surface area contributed by atoms with Crippen molar-refractivity contribution in [1.82, 2.24) is 14.9 Å². The summed E-state index contributed by atoms with van der Waals surface area (Å²) in [4.78, 5) is 28.7. The molecule has 1 unspecified atom stereocenters. The van der Waals surface area contributed by atoms with Crippen molar-refractivity contribution in [1.29, 1.82) is 0 Å². The van der Waals surface area contributed by atoms with Gasteiger partial charge in [0, 0.05) is 17.7 Å². The fourth-order valence-corrected chi connectivity index (χ4v) is 3.32. The first-order valence-electron chi connectivity index (χ1n) is 7.99. The van der Waals surface area contributed by atoms with Crippen LogP contribution in [0.4, 0.5) is 22.0 Å². The molecule has 3 aromatic rings. The zero-order valence-corrected chi connectivity index (χ0v) is 13.8. The fourth-order valence-electron chi connectivity index (χ4n) is 3.32. The third-order valence-corrected chi connectivity index (χ3v) is 4.56. The number of alkyl halides is 3. The van der Waals surface area contributed by atoms with Crippen molar-refractivity contribution in [2.24, 2.45) is 0 Å². The molecule has 0 aliphatic carbocycles. The van der Waals surface area contributed by atoms with Crippen LogP contribution in [0.25, 0.3) is 11.0 Å². The molecule has 1 N–H and O–H groups in total. The number of hydrogen-bond donors (Lipinski definition) is 1. The number of ketones is 1. The van der Waals surface area contributed by atoms with E-state index < -0.39 is 47.1 Å². The molecule has 0 fully saturated rings. The Morgan fingerprint density at radius 2 is 1.75 bits per heavy atom. The van der Waals surface area contributed by atoms with Gasteiger partial charge in [-0.3, -0.25) is 14.2 Å². The van der Waals surface area contributed by atoms with Gasteiger partial charge in [-0.05, 0) is 12.1 Å². The number of hydrogen-bond acceptors (Lipinski definition) is 3. The van der Waals surface area contributed by atoms with Crippen LogP contribution in [0.3, 0.4) is 0 Å². The average Bonchev–Trinajstić information content (AvgIpc) is 3.10. The molecule has 1 aliphatic heterocycles. The van der Waals surface area contributed by atoms with E-state index in [1.54, 1.807) is 11.4 Å². The predicted molar refractivity (Wildman–Crippen MR) is 86.3 cm³/mol. The Morgan fingerprint density at radius 3 is 2.39 bits per heavy atom. The summed E-state index contributed by atoms with van der Waals surface area (Å²) in [6.07, 6.45) is -6.02. The van der Waals surface area contributed by atoms with Gasteiger partial charge in [-0.15, -0.1) is 0 Å². The lowest BCUT2D eigenvalue weighted by atomic mass is 10.0. The van der Waals surface area contributed by atoms with Crippen LogP contribution in [-0.2, 0) is 16.9 Å². The van der Waals surface area contributed by atoms with Crippen molar-refractivity contribution in [2.75, 3.05) is 0 Å². The molecule has 2 heterocycles. The summed E-state index contributed by atoms with van der Waals surface area (Å²) in [6, 6.07) is 8.18. The number of carbonyl (C=O) groups excluding carboxylic acids is 2. The average molecular weight is 395 g/mol. The van der Waals surface area contributed by atoms with E-state index in [1.807, 2.05) is 0 Å². The number of Topliss-reactive ketones (excluding diaryl/α,β-unsaturated/α-hetero) is 1. The summed E-state index contributed by atoms with van der Waals surface area (Å²) in [5.74, 6) is -5.57. The number of aromatic nitrogens is 2. The molecular weight excluding hydrogens is 385 g/mol. The Balaban J connectivity index is 1.95. The highest BCUT2D eigenvalue weighted by Crippen LogP contribution is 2.43. The van der Waals surface area contributed by atoms with Crippen LogP contribution in [0.1, 0.15) is 16.2 Å². The van der Waals surface area contributed by atoms with Crippen LogP contribution in [0.2, 0.25) is 0 Å². The predicted octanol–water partition coefficient (Wildman–Crippen LogP) is 3.08. The minimum Gasteiger partial charge on any atom is -0.315 e. The molecule has 5 nitrogen and oxygen atoms in total. The molecule has 1 atom stereocenters. The summed E-state index contributed by atoms with van der Waals surface area (Å²) >= 11 is 0. The minimum atomic E-state index is -5.27. The molecule has 0 radical (unpaired) electrons. The lowest BCUT2D eigenvalue weighted by Crippen LogP contribution is -2.62.